The number of phenols is 1. The van der Waals surface area contributed by atoms with E-state index in [4.69, 9.17) is 4.74 Å². The lowest BCUT2D eigenvalue weighted by molar-refractivity contribution is -0.120. The number of carbonyl (C=O) groups is 1. The minimum Gasteiger partial charge on any atom is -0.504 e. The molecule has 0 aliphatic rings. The number of amides is 1. The maximum Gasteiger partial charge on any atom is 0.224 e. The van der Waals surface area contributed by atoms with Gasteiger partial charge in [0.25, 0.3) is 0 Å². The van der Waals surface area contributed by atoms with E-state index in [-0.39, 0.29) is 11.7 Å². The van der Waals surface area contributed by atoms with Crippen molar-refractivity contribution in [2.75, 3.05) is 20.2 Å². The zero-order valence-electron chi connectivity index (χ0n) is 13.2. The Labute approximate surface area is 136 Å². The van der Waals surface area contributed by atoms with Crippen LogP contribution in [-0.2, 0) is 17.8 Å². The second-order valence-corrected chi connectivity index (χ2v) is 5.20. The second kappa shape index (κ2) is 8.80. The Hall–Kier alpha value is -2.53. The third kappa shape index (κ3) is 5.64. The maximum atomic E-state index is 11.8. The first-order valence-corrected chi connectivity index (χ1v) is 7.56. The minimum atomic E-state index is 0.0140. The van der Waals surface area contributed by atoms with Crippen molar-refractivity contribution in [3.63, 3.8) is 0 Å². The number of carbonyl (C=O) groups excluding carboxylic acids is 1. The van der Waals surface area contributed by atoms with Gasteiger partial charge in [0.05, 0.1) is 13.5 Å². The highest BCUT2D eigenvalue weighted by Crippen LogP contribution is 2.25. The number of rotatable bonds is 8. The molecule has 2 aromatic carbocycles. The highest BCUT2D eigenvalue weighted by Gasteiger charge is 2.03. The number of nitrogens with one attached hydrogen (secondary N) is 2. The van der Waals surface area contributed by atoms with E-state index in [1.54, 1.807) is 12.1 Å². The fraction of sp³-hybridized carbons (Fsp3) is 0.278. The van der Waals surface area contributed by atoms with Gasteiger partial charge in [0, 0.05) is 19.6 Å². The SMILES string of the molecule is COc1ccc(CNCCNC(=O)Cc2ccccc2)cc1O. The predicted molar refractivity (Wildman–Crippen MR) is 89.5 cm³/mol. The summed E-state index contributed by atoms with van der Waals surface area (Å²) in [4.78, 5) is 11.8. The Morgan fingerprint density at radius 1 is 1.09 bits per heavy atom. The van der Waals surface area contributed by atoms with Crippen molar-refractivity contribution < 1.29 is 14.6 Å². The van der Waals surface area contributed by atoms with Gasteiger partial charge in [-0.15, -0.1) is 0 Å². The Morgan fingerprint density at radius 3 is 2.57 bits per heavy atom. The van der Waals surface area contributed by atoms with Gasteiger partial charge < -0.3 is 20.5 Å². The van der Waals surface area contributed by atoms with Crippen LogP contribution in [0.25, 0.3) is 0 Å². The van der Waals surface area contributed by atoms with E-state index in [0.29, 0.717) is 31.8 Å². The molecule has 0 aromatic heterocycles. The Bertz CT molecular complexity index is 629. The van der Waals surface area contributed by atoms with Gasteiger partial charge in [-0.1, -0.05) is 36.4 Å². The quantitative estimate of drug-likeness (QED) is 0.650. The molecule has 0 aliphatic heterocycles. The van der Waals surface area contributed by atoms with Crippen LogP contribution in [0.3, 0.4) is 0 Å². The van der Waals surface area contributed by atoms with Gasteiger partial charge in [-0.3, -0.25) is 4.79 Å². The number of benzene rings is 2. The molecular weight excluding hydrogens is 292 g/mol. The second-order valence-electron chi connectivity index (χ2n) is 5.20. The van der Waals surface area contributed by atoms with E-state index in [9.17, 15) is 9.90 Å². The van der Waals surface area contributed by atoms with Crippen molar-refractivity contribution >= 4 is 5.91 Å². The van der Waals surface area contributed by atoms with Crippen LogP contribution >= 0.6 is 0 Å². The maximum absolute atomic E-state index is 11.8. The van der Waals surface area contributed by atoms with Crippen LogP contribution in [0.2, 0.25) is 0 Å². The molecule has 3 N–H and O–H groups in total. The first kappa shape index (κ1) is 16.8. The third-order valence-electron chi connectivity index (χ3n) is 3.40. The molecule has 0 unspecified atom stereocenters. The summed E-state index contributed by atoms with van der Waals surface area (Å²) in [7, 11) is 1.52. The summed E-state index contributed by atoms with van der Waals surface area (Å²) in [5, 5.41) is 15.8. The van der Waals surface area contributed by atoms with Gasteiger partial charge in [0.15, 0.2) is 11.5 Å². The van der Waals surface area contributed by atoms with E-state index in [1.165, 1.54) is 7.11 Å². The molecule has 0 saturated carbocycles. The molecule has 0 spiro atoms. The number of methoxy groups -OCH3 is 1. The molecule has 0 aliphatic carbocycles. The highest BCUT2D eigenvalue weighted by molar-refractivity contribution is 5.78. The molecule has 1 amide bonds. The Morgan fingerprint density at radius 2 is 1.87 bits per heavy atom. The lowest BCUT2D eigenvalue weighted by atomic mass is 10.1. The Balaban J connectivity index is 1.64. The number of hydrogen-bond donors (Lipinski definition) is 3. The van der Waals surface area contributed by atoms with Crippen LogP contribution in [0.1, 0.15) is 11.1 Å². The Kier molecular flexibility index (Phi) is 6.44. The zero-order chi connectivity index (χ0) is 16.5. The molecule has 0 fully saturated rings. The smallest absolute Gasteiger partial charge is 0.224 e. The van der Waals surface area contributed by atoms with E-state index >= 15 is 0 Å². The van der Waals surface area contributed by atoms with Crippen LogP contribution in [0.15, 0.2) is 48.5 Å². The first-order chi connectivity index (χ1) is 11.2. The van der Waals surface area contributed by atoms with E-state index in [1.807, 2.05) is 36.4 Å². The van der Waals surface area contributed by atoms with Crippen LogP contribution in [0, 0.1) is 0 Å². The topological polar surface area (TPSA) is 70.6 Å². The number of aromatic hydroxyl groups is 1. The lowest BCUT2D eigenvalue weighted by Crippen LogP contribution is -2.32. The standard InChI is InChI=1S/C18H22N2O3/c1-23-17-8-7-15(11-16(17)21)13-19-9-10-20-18(22)12-14-5-3-2-4-6-14/h2-8,11,19,21H,9-10,12-13H2,1H3,(H,20,22). The van der Waals surface area contributed by atoms with Gasteiger partial charge in [0.1, 0.15) is 0 Å². The normalized spacial score (nSPS) is 10.3. The molecular formula is C18H22N2O3. The van der Waals surface area contributed by atoms with Crippen molar-refractivity contribution in [1.29, 1.82) is 0 Å². The van der Waals surface area contributed by atoms with Crippen LogP contribution < -0.4 is 15.4 Å². The summed E-state index contributed by atoms with van der Waals surface area (Å²) in [6.45, 7) is 1.84. The molecule has 0 radical (unpaired) electrons. The van der Waals surface area contributed by atoms with Crippen LogP contribution in [-0.4, -0.2) is 31.2 Å². The molecule has 5 nitrogen and oxygen atoms in total. The summed E-state index contributed by atoms with van der Waals surface area (Å²) < 4.78 is 5.00. The lowest BCUT2D eigenvalue weighted by Gasteiger charge is -2.09. The molecule has 23 heavy (non-hydrogen) atoms. The summed E-state index contributed by atoms with van der Waals surface area (Å²) in [5.74, 6) is 0.602. The van der Waals surface area contributed by atoms with Crippen molar-refractivity contribution in [3.05, 3.63) is 59.7 Å². The average molecular weight is 314 g/mol. The molecule has 2 aromatic rings. The molecule has 2 rings (SSSR count). The van der Waals surface area contributed by atoms with Gasteiger partial charge in [-0.05, 0) is 23.3 Å². The summed E-state index contributed by atoms with van der Waals surface area (Å²) in [6, 6.07) is 14.9. The average Bonchev–Trinajstić information content (AvgIpc) is 2.55. The summed E-state index contributed by atoms with van der Waals surface area (Å²) in [6.07, 6.45) is 0.396. The predicted octanol–water partition coefficient (Wildman–Crippen LogP) is 1.85. The van der Waals surface area contributed by atoms with Crippen LogP contribution in [0.5, 0.6) is 11.5 Å². The first-order valence-electron chi connectivity index (χ1n) is 7.56. The summed E-state index contributed by atoms with van der Waals surface area (Å²) >= 11 is 0. The fourth-order valence-electron chi connectivity index (χ4n) is 2.21. The van der Waals surface area contributed by atoms with Crippen LogP contribution in [0.4, 0.5) is 0 Å². The number of hydrogen-bond acceptors (Lipinski definition) is 4. The highest BCUT2D eigenvalue weighted by atomic mass is 16.5. The largest absolute Gasteiger partial charge is 0.504 e. The van der Waals surface area contributed by atoms with Gasteiger partial charge in [-0.2, -0.15) is 0 Å². The molecule has 5 heteroatoms. The fourth-order valence-corrected chi connectivity index (χ4v) is 2.21. The molecule has 0 heterocycles. The van der Waals surface area contributed by atoms with E-state index in [0.717, 1.165) is 11.1 Å². The number of ether oxygens (including phenoxy) is 1. The molecule has 0 bridgehead atoms. The zero-order valence-corrected chi connectivity index (χ0v) is 13.2. The van der Waals surface area contributed by atoms with E-state index in [2.05, 4.69) is 10.6 Å². The van der Waals surface area contributed by atoms with Gasteiger partial charge >= 0.3 is 0 Å². The minimum absolute atomic E-state index is 0.0140. The third-order valence-corrected chi connectivity index (χ3v) is 3.40. The van der Waals surface area contributed by atoms with Crippen molar-refractivity contribution in [2.45, 2.75) is 13.0 Å². The molecule has 0 saturated heterocycles. The number of phenolic OH excluding ortho intramolecular Hbond substituents is 1. The summed E-state index contributed by atoms with van der Waals surface area (Å²) in [5.41, 5.74) is 1.96. The van der Waals surface area contributed by atoms with Crippen molar-refractivity contribution in [1.82, 2.24) is 10.6 Å². The van der Waals surface area contributed by atoms with Crippen molar-refractivity contribution in [2.24, 2.45) is 0 Å². The monoisotopic (exact) mass is 314 g/mol. The van der Waals surface area contributed by atoms with Gasteiger partial charge in [0.2, 0.25) is 5.91 Å². The van der Waals surface area contributed by atoms with Crippen molar-refractivity contribution in [3.8, 4) is 11.5 Å². The van der Waals surface area contributed by atoms with Gasteiger partial charge in [-0.25, -0.2) is 0 Å². The molecule has 122 valence electrons. The molecule has 0 atom stereocenters. The van der Waals surface area contributed by atoms with E-state index < -0.39 is 0 Å².